The van der Waals surface area contributed by atoms with Gasteiger partial charge in [0.15, 0.2) is 0 Å². The lowest BCUT2D eigenvalue weighted by atomic mass is 9.97. The maximum absolute atomic E-state index is 11.0. The molecule has 2 rings (SSSR count). The number of ether oxygens (including phenoxy) is 1. The molecule has 20 heavy (non-hydrogen) atoms. The van der Waals surface area contributed by atoms with Crippen molar-refractivity contribution in [1.29, 1.82) is 0 Å². The van der Waals surface area contributed by atoms with E-state index < -0.39 is 0 Å². The van der Waals surface area contributed by atoms with Crippen LogP contribution >= 0.6 is 0 Å². The molecular weight excluding hydrogens is 258 g/mol. The summed E-state index contributed by atoms with van der Waals surface area (Å²) in [5.41, 5.74) is 0.895. The molecule has 1 saturated heterocycles. The maximum Gasteiger partial charge on any atom is 0.275 e. The van der Waals surface area contributed by atoms with Gasteiger partial charge in [0.1, 0.15) is 5.75 Å². The van der Waals surface area contributed by atoms with Crippen molar-refractivity contribution in [3.63, 3.8) is 0 Å². The SMILES string of the molecule is COc1cc(N(C)CC2CCNCC2)cc([N+](=O)[O-])c1. The van der Waals surface area contributed by atoms with Crippen molar-refractivity contribution < 1.29 is 9.66 Å². The number of non-ortho nitro benzene ring substituents is 1. The molecule has 1 aliphatic rings. The van der Waals surface area contributed by atoms with Crippen LogP contribution < -0.4 is 15.0 Å². The van der Waals surface area contributed by atoms with Crippen LogP contribution in [0.15, 0.2) is 18.2 Å². The first-order chi connectivity index (χ1) is 9.60. The van der Waals surface area contributed by atoms with E-state index in [2.05, 4.69) is 10.2 Å². The first kappa shape index (κ1) is 14.6. The molecule has 1 aromatic carbocycles. The topological polar surface area (TPSA) is 67.6 Å². The molecule has 0 aromatic heterocycles. The van der Waals surface area contributed by atoms with Crippen molar-refractivity contribution in [1.82, 2.24) is 5.32 Å². The Morgan fingerprint density at radius 1 is 1.40 bits per heavy atom. The summed E-state index contributed by atoms with van der Waals surface area (Å²) in [5, 5.41) is 14.3. The summed E-state index contributed by atoms with van der Waals surface area (Å²) in [6.45, 7) is 3.01. The summed E-state index contributed by atoms with van der Waals surface area (Å²) in [6, 6.07) is 4.89. The number of hydrogen-bond donors (Lipinski definition) is 1. The number of methoxy groups -OCH3 is 1. The molecule has 0 amide bonds. The third-order valence-electron chi connectivity index (χ3n) is 3.75. The van der Waals surface area contributed by atoms with Gasteiger partial charge >= 0.3 is 0 Å². The van der Waals surface area contributed by atoms with Crippen molar-refractivity contribution in [2.75, 3.05) is 38.7 Å². The van der Waals surface area contributed by atoms with Gasteiger partial charge in [-0.3, -0.25) is 10.1 Å². The molecule has 1 aromatic rings. The fourth-order valence-electron chi connectivity index (χ4n) is 2.57. The van der Waals surface area contributed by atoms with Gasteiger partial charge in [-0.05, 0) is 31.8 Å². The molecule has 1 aliphatic heterocycles. The Morgan fingerprint density at radius 3 is 2.70 bits per heavy atom. The van der Waals surface area contributed by atoms with Gasteiger partial charge in [-0.2, -0.15) is 0 Å². The van der Waals surface area contributed by atoms with Gasteiger partial charge in [0.2, 0.25) is 0 Å². The lowest BCUT2D eigenvalue weighted by Gasteiger charge is -2.28. The Balaban J connectivity index is 2.13. The maximum atomic E-state index is 11.0. The summed E-state index contributed by atoms with van der Waals surface area (Å²) in [5.74, 6) is 1.15. The molecular formula is C14H21N3O3. The van der Waals surface area contributed by atoms with Gasteiger partial charge in [0.05, 0.1) is 18.1 Å². The predicted octanol–water partition coefficient (Wildman–Crippen LogP) is 2.04. The van der Waals surface area contributed by atoms with Gasteiger partial charge in [0, 0.05) is 31.4 Å². The van der Waals surface area contributed by atoms with Crippen LogP contribution in [0.25, 0.3) is 0 Å². The number of nitro benzene ring substituents is 1. The van der Waals surface area contributed by atoms with Crippen LogP contribution in [0.4, 0.5) is 11.4 Å². The first-order valence-electron chi connectivity index (χ1n) is 6.85. The molecule has 0 spiro atoms. The third-order valence-corrected chi connectivity index (χ3v) is 3.75. The fourth-order valence-corrected chi connectivity index (χ4v) is 2.57. The number of benzene rings is 1. The number of hydrogen-bond acceptors (Lipinski definition) is 5. The summed E-state index contributed by atoms with van der Waals surface area (Å²) in [6.07, 6.45) is 2.30. The molecule has 0 aliphatic carbocycles. The number of rotatable bonds is 5. The number of nitro groups is 1. The molecule has 6 nitrogen and oxygen atoms in total. The lowest BCUT2D eigenvalue weighted by Crippen LogP contribution is -2.34. The highest BCUT2D eigenvalue weighted by atomic mass is 16.6. The van der Waals surface area contributed by atoms with Crippen LogP contribution in [0.3, 0.4) is 0 Å². The van der Waals surface area contributed by atoms with Gasteiger partial charge in [-0.1, -0.05) is 0 Å². The molecule has 1 fully saturated rings. The average Bonchev–Trinajstić information content (AvgIpc) is 2.47. The number of nitrogens with zero attached hydrogens (tertiary/aromatic N) is 2. The summed E-state index contributed by atoms with van der Waals surface area (Å²) >= 11 is 0. The standard InChI is InChI=1S/C14H21N3O3/c1-16(10-11-3-5-15-6-4-11)12-7-13(17(18)19)9-14(8-12)20-2/h7-9,11,15H,3-6,10H2,1-2H3. The third kappa shape index (κ3) is 3.60. The summed E-state index contributed by atoms with van der Waals surface area (Å²) in [7, 11) is 3.50. The minimum absolute atomic E-state index is 0.0662. The van der Waals surface area contributed by atoms with E-state index in [1.54, 1.807) is 6.07 Å². The van der Waals surface area contributed by atoms with Gasteiger partial charge in [-0.25, -0.2) is 0 Å². The summed E-state index contributed by atoms with van der Waals surface area (Å²) < 4.78 is 5.14. The highest BCUT2D eigenvalue weighted by Gasteiger charge is 2.17. The average molecular weight is 279 g/mol. The molecule has 0 bridgehead atoms. The molecule has 1 heterocycles. The van der Waals surface area contributed by atoms with Crippen LogP contribution in [0.2, 0.25) is 0 Å². The van der Waals surface area contributed by atoms with Crippen LogP contribution in [0.5, 0.6) is 5.75 Å². The number of piperidine rings is 1. The predicted molar refractivity (Wildman–Crippen MR) is 78.5 cm³/mol. The van der Waals surface area contributed by atoms with E-state index in [9.17, 15) is 10.1 Å². The van der Waals surface area contributed by atoms with E-state index in [0.29, 0.717) is 11.7 Å². The Labute approximate surface area is 118 Å². The van der Waals surface area contributed by atoms with Crippen LogP contribution in [-0.4, -0.2) is 38.7 Å². The van der Waals surface area contributed by atoms with Crippen LogP contribution in [0.1, 0.15) is 12.8 Å². The first-order valence-corrected chi connectivity index (χ1v) is 6.85. The normalized spacial score (nSPS) is 15.9. The van der Waals surface area contributed by atoms with Crippen LogP contribution in [-0.2, 0) is 0 Å². The van der Waals surface area contributed by atoms with E-state index in [0.717, 1.165) is 38.2 Å². The minimum Gasteiger partial charge on any atom is -0.496 e. The smallest absolute Gasteiger partial charge is 0.275 e. The van der Waals surface area contributed by atoms with Crippen molar-refractivity contribution in [2.24, 2.45) is 5.92 Å². The van der Waals surface area contributed by atoms with E-state index in [1.165, 1.54) is 13.2 Å². The minimum atomic E-state index is -0.385. The Kier molecular flexibility index (Phi) is 4.79. The molecule has 0 atom stereocenters. The monoisotopic (exact) mass is 279 g/mol. The van der Waals surface area contributed by atoms with E-state index in [4.69, 9.17) is 4.74 Å². The number of nitrogens with one attached hydrogen (secondary N) is 1. The van der Waals surface area contributed by atoms with E-state index >= 15 is 0 Å². The zero-order valence-corrected chi connectivity index (χ0v) is 12.0. The largest absolute Gasteiger partial charge is 0.496 e. The molecule has 6 heteroatoms. The van der Waals surface area contributed by atoms with Gasteiger partial charge in [-0.15, -0.1) is 0 Å². The van der Waals surface area contributed by atoms with Gasteiger partial charge in [0.25, 0.3) is 5.69 Å². The number of anilines is 1. The van der Waals surface area contributed by atoms with Crippen molar-refractivity contribution in [2.45, 2.75) is 12.8 Å². The van der Waals surface area contributed by atoms with Crippen molar-refractivity contribution in [3.8, 4) is 5.75 Å². The second-order valence-electron chi connectivity index (χ2n) is 5.22. The second kappa shape index (κ2) is 6.56. The van der Waals surface area contributed by atoms with Crippen molar-refractivity contribution in [3.05, 3.63) is 28.3 Å². The highest BCUT2D eigenvalue weighted by Crippen LogP contribution is 2.28. The van der Waals surface area contributed by atoms with Crippen LogP contribution in [0, 0.1) is 16.0 Å². The second-order valence-corrected chi connectivity index (χ2v) is 5.22. The highest BCUT2D eigenvalue weighted by molar-refractivity contribution is 5.57. The summed E-state index contributed by atoms with van der Waals surface area (Å²) in [4.78, 5) is 12.6. The molecule has 0 saturated carbocycles. The zero-order chi connectivity index (χ0) is 14.5. The van der Waals surface area contributed by atoms with Gasteiger partial charge < -0.3 is 15.0 Å². The lowest BCUT2D eigenvalue weighted by molar-refractivity contribution is -0.384. The molecule has 110 valence electrons. The quantitative estimate of drug-likeness (QED) is 0.660. The fraction of sp³-hybridized carbons (Fsp3) is 0.571. The Morgan fingerprint density at radius 2 is 2.10 bits per heavy atom. The van der Waals surface area contributed by atoms with Crippen molar-refractivity contribution >= 4 is 11.4 Å². The van der Waals surface area contributed by atoms with E-state index in [-0.39, 0.29) is 10.6 Å². The zero-order valence-electron chi connectivity index (χ0n) is 12.0. The molecule has 0 radical (unpaired) electrons. The molecule has 0 unspecified atom stereocenters. The Bertz CT molecular complexity index is 473. The van der Waals surface area contributed by atoms with E-state index in [1.807, 2.05) is 13.1 Å². The Hall–Kier alpha value is -1.82. The molecule has 1 N–H and O–H groups in total.